The highest BCUT2D eigenvalue weighted by Gasteiger charge is 2.31. The lowest BCUT2D eigenvalue weighted by Crippen LogP contribution is -2.41. The fraction of sp³-hybridized carbons (Fsp3) is 0.438. The Bertz CT molecular complexity index is 671. The molecule has 0 bridgehead atoms. The number of fused-ring (bicyclic) bond motifs is 1. The molecule has 0 saturated carbocycles. The Labute approximate surface area is 134 Å². The summed E-state index contributed by atoms with van der Waals surface area (Å²) < 4.78 is 12.6. The minimum atomic E-state index is -0.0200. The first-order valence-electron chi connectivity index (χ1n) is 7.49. The number of methoxy groups -OCH3 is 1. The molecule has 0 fully saturated rings. The van der Waals surface area contributed by atoms with Crippen LogP contribution in [0, 0.1) is 0 Å². The van der Waals surface area contributed by atoms with Gasteiger partial charge in [0.1, 0.15) is 12.4 Å². The predicted molar refractivity (Wildman–Crippen MR) is 83.0 cm³/mol. The van der Waals surface area contributed by atoms with Crippen molar-refractivity contribution >= 4 is 5.91 Å². The summed E-state index contributed by atoms with van der Waals surface area (Å²) in [5.41, 5.74) is 2.06. The van der Waals surface area contributed by atoms with E-state index in [2.05, 4.69) is 10.1 Å². The molecular weight excluding hydrogens is 296 g/mol. The van der Waals surface area contributed by atoms with E-state index in [4.69, 9.17) is 9.47 Å². The van der Waals surface area contributed by atoms with Crippen molar-refractivity contribution in [2.45, 2.75) is 12.5 Å². The van der Waals surface area contributed by atoms with Gasteiger partial charge in [-0.25, -0.2) is 0 Å². The van der Waals surface area contributed by atoms with E-state index in [0.717, 1.165) is 11.3 Å². The number of ether oxygens (including phenoxy) is 2. The number of rotatable bonds is 5. The molecule has 122 valence electrons. The highest BCUT2D eigenvalue weighted by molar-refractivity contribution is 5.77. The smallest absolute Gasteiger partial charge is 0.248 e. The van der Waals surface area contributed by atoms with Crippen molar-refractivity contribution in [2.24, 2.45) is 7.05 Å². The molecule has 23 heavy (non-hydrogen) atoms. The van der Waals surface area contributed by atoms with Crippen molar-refractivity contribution in [1.29, 1.82) is 0 Å². The van der Waals surface area contributed by atoms with Crippen LogP contribution in [0.2, 0.25) is 0 Å². The number of aromatic nitrogens is 3. The Morgan fingerprint density at radius 2 is 2.35 bits per heavy atom. The Hall–Kier alpha value is -2.41. The van der Waals surface area contributed by atoms with E-state index < -0.39 is 0 Å². The van der Waals surface area contributed by atoms with Gasteiger partial charge >= 0.3 is 0 Å². The van der Waals surface area contributed by atoms with Crippen LogP contribution in [-0.2, 0) is 23.1 Å². The van der Waals surface area contributed by atoms with E-state index in [9.17, 15) is 4.79 Å². The van der Waals surface area contributed by atoms with Gasteiger partial charge in [0.25, 0.3) is 0 Å². The summed E-state index contributed by atoms with van der Waals surface area (Å²) in [5, 5.41) is 4.54. The summed E-state index contributed by atoms with van der Waals surface area (Å²) in [7, 11) is 3.42. The third-order valence-electron chi connectivity index (χ3n) is 3.83. The number of nitrogens with zero attached hydrogens (tertiary/aromatic N) is 4. The van der Waals surface area contributed by atoms with E-state index in [-0.39, 0.29) is 18.4 Å². The molecule has 7 heteroatoms. The Kier molecular flexibility index (Phi) is 4.57. The second kappa shape index (κ2) is 6.78. The number of hydrogen-bond acceptors (Lipinski definition) is 5. The molecule has 2 aromatic rings. The van der Waals surface area contributed by atoms with Gasteiger partial charge in [0.15, 0.2) is 0 Å². The molecular formula is C16H20N4O3. The first-order valence-corrected chi connectivity index (χ1v) is 7.49. The number of hydrogen-bond donors (Lipinski definition) is 0. The zero-order valence-corrected chi connectivity index (χ0v) is 13.3. The van der Waals surface area contributed by atoms with E-state index in [1.165, 1.54) is 7.11 Å². The Balaban J connectivity index is 1.75. The van der Waals surface area contributed by atoms with Crippen molar-refractivity contribution in [3.8, 4) is 5.75 Å². The van der Waals surface area contributed by atoms with Gasteiger partial charge in [0.05, 0.1) is 24.4 Å². The molecule has 1 atom stereocenters. The van der Waals surface area contributed by atoms with E-state index in [0.29, 0.717) is 25.4 Å². The van der Waals surface area contributed by atoms with Crippen molar-refractivity contribution in [3.05, 3.63) is 42.0 Å². The second-order valence-electron chi connectivity index (χ2n) is 5.62. The zero-order valence-electron chi connectivity index (χ0n) is 13.3. The first-order chi connectivity index (χ1) is 11.2. The maximum absolute atomic E-state index is 12.2. The molecule has 0 aliphatic carbocycles. The lowest BCUT2D eigenvalue weighted by Gasteiger charge is -2.31. The highest BCUT2D eigenvalue weighted by Crippen LogP contribution is 2.27. The number of amides is 1. The van der Waals surface area contributed by atoms with Crippen molar-refractivity contribution in [1.82, 2.24) is 19.7 Å². The molecule has 3 rings (SSSR count). The molecule has 0 spiro atoms. The van der Waals surface area contributed by atoms with E-state index in [1.54, 1.807) is 22.0 Å². The lowest BCUT2D eigenvalue weighted by atomic mass is 9.97. The summed E-state index contributed by atoms with van der Waals surface area (Å²) >= 11 is 0. The Morgan fingerprint density at radius 1 is 1.48 bits per heavy atom. The third kappa shape index (κ3) is 3.50. The van der Waals surface area contributed by atoms with Gasteiger partial charge in [-0.15, -0.1) is 0 Å². The average molecular weight is 316 g/mol. The second-order valence-corrected chi connectivity index (χ2v) is 5.62. The minimum absolute atomic E-state index is 0.0200. The van der Waals surface area contributed by atoms with Crippen LogP contribution in [0.25, 0.3) is 0 Å². The van der Waals surface area contributed by atoms with Crippen molar-refractivity contribution < 1.29 is 14.3 Å². The molecule has 1 aliphatic rings. The van der Waals surface area contributed by atoms with Crippen LogP contribution < -0.4 is 4.74 Å². The number of aryl methyl sites for hydroxylation is 1. The van der Waals surface area contributed by atoms with Gasteiger partial charge in [-0.3, -0.25) is 14.5 Å². The van der Waals surface area contributed by atoms with Crippen LogP contribution in [0.15, 0.2) is 30.7 Å². The molecule has 2 aromatic heterocycles. The summed E-state index contributed by atoms with van der Waals surface area (Å²) in [6.45, 7) is 1.68. The first kappa shape index (κ1) is 15.5. The molecule has 0 radical (unpaired) electrons. The lowest BCUT2D eigenvalue weighted by molar-refractivity contribution is -0.136. The van der Waals surface area contributed by atoms with Crippen LogP contribution in [-0.4, -0.2) is 52.4 Å². The third-order valence-corrected chi connectivity index (χ3v) is 3.83. The number of pyridine rings is 1. The van der Waals surface area contributed by atoms with Gasteiger partial charge in [0, 0.05) is 45.2 Å². The van der Waals surface area contributed by atoms with Crippen molar-refractivity contribution in [3.63, 3.8) is 0 Å². The number of carbonyl (C=O) groups is 1. The topological polar surface area (TPSA) is 69.5 Å². The fourth-order valence-corrected chi connectivity index (χ4v) is 2.81. The number of carbonyl (C=O) groups excluding carboxylic acids is 1. The van der Waals surface area contributed by atoms with Crippen LogP contribution >= 0.6 is 0 Å². The maximum Gasteiger partial charge on any atom is 0.248 e. The average Bonchev–Trinajstić information content (AvgIpc) is 2.94. The predicted octanol–water partition coefficient (Wildman–Crippen LogP) is 0.966. The molecule has 7 nitrogen and oxygen atoms in total. The fourth-order valence-electron chi connectivity index (χ4n) is 2.81. The van der Waals surface area contributed by atoms with Gasteiger partial charge < -0.3 is 14.4 Å². The Morgan fingerprint density at radius 3 is 3.09 bits per heavy atom. The van der Waals surface area contributed by atoms with Crippen molar-refractivity contribution in [2.75, 3.05) is 26.9 Å². The quantitative estimate of drug-likeness (QED) is 0.822. The summed E-state index contributed by atoms with van der Waals surface area (Å²) in [5.74, 6) is 0.722. The minimum Gasteiger partial charge on any atom is -0.491 e. The van der Waals surface area contributed by atoms with E-state index >= 15 is 0 Å². The zero-order chi connectivity index (χ0) is 16.2. The maximum atomic E-state index is 12.2. The molecule has 1 amide bonds. The molecule has 0 saturated heterocycles. The van der Waals surface area contributed by atoms with Crippen LogP contribution in [0.1, 0.15) is 17.2 Å². The summed E-state index contributed by atoms with van der Waals surface area (Å²) in [6, 6.07) is 3.69. The summed E-state index contributed by atoms with van der Waals surface area (Å²) in [6.07, 6.45) is 5.34. The van der Waals surface area contributed by atoms with Crippen LogP contribution in [0.5, 0.6) is 5.75 Å². The van der Waals surface area contributed by atoms with Gasteiger partial charge in [-0.1, -0.05) is 0 Å². The molecule has 0 aromatic carbocycles. The van der Waals surface area contributed by atoms with Crippen LogP contribution in [0.4, 0.5) is 0 Å². The molecule has 0 unspecified atom stereocenters. The highest BCUT2D eigenvalue weighted by atomic mass is 16.5. The summed E-state index contributed by atoms with van der Waals surface area (Å²) in [4.78, 5) is 18.0. The van der Waals surface area contributed by atoms with Crippen LogP contribution in [0.3, 0.4) is 0 Å². The largest absolute Gasteiger partial charge is 0.491 e. The van der Waals surface area contributed by atoms with Gasteiger partial charge in [-0.2, -0.15) is 5.10 Å². The molecule has 1 aliphatic heterocycles. The monoisotopic (exact) mass is 316 g/mol. The van der Waals surface area contributed by atoms with Gasteiger partial charge in [-0.05, 0) is 12.1 Å². The molecule has 0 N–H and O–H groups in total. The van der Waals surface area contributed by atoms with Gasteiger partial charge in [0.2, 0.25) is 5.91 Å². The normalized spacial score (nSPS) is 17.0. The SMILES string of the molecule is COCC(=O)N1Cc2cn(C)nc2[C@@H](COc2cccnc2)C1. The molecule has 3 heterocycles. The standard InChI is InChI=1S/C16H20N4O3/c1-19-7-12-8-20(15(21)11-22-2)9-13(16(12)18-19)10-23-14-4-3-5-17-6-14/h3-7,13H,8-11H2,1-2H3/t13-/m1/s1. The van der Waals surface area contributed by atoms with E-state index in [1.807, 2.05) is 25.4 Å².